The smallest absolute Gasteiger partial charge is 0.246 e. The molecule has 1 heterocycles. The van der Waals surface area contributed by atoms with E-state index in [1.807, 2.05) is 30.3 Å². The third kappa shape index (κ3) is 3.08. The molecule has 5 nitrogen and oxygen atoms in total. The molecule has 0 unspecified atom stereocenters. The number of aliphatic imine (C=N–C) groups is 1. The van der Waals surface area contributed by atoms with Gasteiger partial charge in [-0.25, -0.2) is 0 Å². The quantitative estimate of drug-likeness (QED) is 0.513. The minimum Gasteiger partial charge on any atom is -0.302 e. The van der Waals surface area contributed by atoms with Gasteiger partial charge in [0.15, 0.2) is 11.0 Å². The summed E-state index contributed by atoms with van der Waals surface area (Å²) in [5.74, 6) is -1.63. The molecule has 1 aliphatic heterocycles. The summed E-state index contributed by atoms with van der Waals surface area (Å²) in [5, 5.41) is 2.68. The van der Waals surface area contributed by atoms with E-state index in [4.69, 9.17) is 12.2 Å². The van der Waals surface area contributed by atoms with Gasteiger partial charge in [0.25, 0.3) is 0 Å². The first-order valence-corrected chi connectivity index (χ1v) is 6.74. The fourth-order valence-corrected chi connectivity index (χ4v) is 2.23. The summed E-state index contributed by atoms with van der Waals surface area (Å²) in [6.07, 6.45) is 1.40. The molecule has 1 N–H and O–H groups in total. The molecule has 0 saturated carbocycles. The van der Waals surface area contributed by atoms with Crippen LogP contribution in [0.4, 0.5) is 0 Å². The standard InChI is InChI=1S/C14H15N3O2S/c1-2-17-13(19)11(12(18)16-14(17)20)9-15-8-10-6-4-3-5-7-10/h3-7,9,11H,2,8H2,1H3,(H,16,18,20)/t11-/m0/s1. The van der Waals surface area contributed by atoms with Gasteiger partial charge in [0.2, 0.25) is 11.8 Å². The minimum absolute atomic E-state index is 0.162. The molecular weight excluding hydrogens is 274 g/mol. The summed E-state index contributed by atoms with van der Waals surface area (Å²) in [7, 11) is 0. The van der Waals surface area contributed by atoms with Crippen LogP contribution in [0.2, 0.25) is 0 Å². The van der Waals surface area contributed by atoms with Gasteiger partial charge in [-0.05, 0) is 24.7 Å². The summed E-state index contributed by atoms with van der Waals surface area (Å²) in [6.45, 7) is 2.68. The zero-order valence-electron chi connectivity index (χ0n) is 11.1. The Morgan fingerprint density at radius 1 is 1.35 bits per heavy atom. The van der Waals surface area contributed by atoms with E-state index in [-0.39, 0.29) is 11.0 Å². The van der Waals surface area contributed by atoms with Gasteiger partial charge in [0.1, 0.15) is 0 Å². The van der Waals surface area contributed by atoms with Crippen LogP contribution in [0.1, 0.15) is 12.5 Å². The number of carbonyl (C=O) groups is 2. The Morgan fingerprint density at radius 2 is 2.05 bits per heavy atom. The molecule has 1 aromatic carbocycles. The molecule has 0 radical (unpaired) electrons. The summed E-state index contributed by atoms with van der Waals surface area (Å²) >= 11 is 4.95. The van der Waals surface area contributed by atoms with Crippen LogP contribution >= 0.6 is 12.2 Å². The average molecular weight is 289 g/mol. The monoisotopic (exact) mass is 289 g/mol. The van der Waals surface area contributed by atoms with Crippen LogP contribution in [0.5, 0.6) is 0 Å². The average Bonchev–Trinajstić information content (AvgIpc) is 2.44. The number of hydrogen-bond donors (Lipinski definition) is 1. The van der Waals surface area contributed by atoms with Crippen molar-refractivity contribution in [1.29, 1.82) is 0 Å². The van der Waals surface area contributed by atoms with E-state index in [0.29, 0.717) is 13.1 Å². The molecule has 20 heavy (non-hydrogen) atoms. The second-order valence-electron chi connectivity index (χ2n) is 4.33. The molecular formula is C14H15N3O2S. The van der Waals surface area contributed by atoms with Gasteiger partial charge < -0.3 is 5.32 Å². The number of carbonyl (C=O) groups excluding carboxylic acids is 2. The second-order valence-corrected chi connectivity index (χ2v) is 4.72. The summed E-state index contributed by atoms with van der Waals surface area (Å²) in [5.41, 5.74) is 1.02. The Morgan fingerprint density at radius 3 is 2.70 bits per heavy atom. The van der Waals surface area contributed by atoms with Crippen molar-refractivity contribution >= 4 is 35.4 Å². The highest BCUT2D eigenvalue weighted by Crippen LogP contribution is 2.09. The van der Waals surface area contributed by atoms with Crippen molar-refractivity contribution < 1.29 is 9.59 Å². The van der Waals surface area contributed by atoms with Crippen LogP contribution in [-0.2, 0) is 16.1 Å². The Balaban J connectivity index is 2.05. The number of nitrogens with one attached hydrogen (secondary N) is 1. The fraction of sp³-hybridized carbons (Fsp3) is 0.286. The van der Waals surface area contributed by atoms with Gasteiger partial charge in [0, 0.05) is 12.8 Å². The van der Waals surface area contributed by atoms with Crippen molar-refractivity contribution in [2.75, 3.05) is 6.54 Å². The number of hydrogen-bond acceptors (Lipinski definition) is 4. The molecule has 6 heteroatoms. The molecule has 0 bridgehead atoms. The third-order valence-electron chi connectivity index (χ3n) is 2.98. The van der Waals surface area contributed by atoms with Gasteiger partial charge in [-0.15, -0.1) is 0 Å². The molecule has 0 spiro atoms. The van der Waals surface area contributed by atoms with Gasteiger partial charge in [-0.2, -0.15) is 0 Å². The Bertz CT molecular complexity index is 557. The maximum atomic E-state index is 12.1. The molecule has 2 rings (SSSR count). The van der Waals surface area contributed by atoms with Crippen molar-refractivity contribution in [1.82, 2.24) is 10.2 Å². The van der Waals surface area contributed by atoms with E-state index in [1.54, 1.807) is 6.92 Å². The van der Waals surface area contributed by atoms with Crippen LogP contribution in [0, 0.1) is 5.92 Å². The molecule has 0 aromatic heterocycles. The zero-order valence-corrected chi connectivity index (χ0v) is 11.9. The summed E-state index contributed by atoms with van der Waals surface area (Å²) in [4.78, 5) is 29.4. The normalized spacial score (nSPS) is 19.6. The second kappa shape index (κ2) is 6.38. The lowest BCUT2D eigenvalue weighted by atomic mass is 10.1. The first kappa shape index (κ1) is 14.3. The van der Waals surface area contributed by atoms with Crippen LogP contribution in [0.25, 0.3) is 0 Å². The van der Waals surface area contributed by atoms with E-state index < -0.39 is 11.8 Å². The van der Waals surface area contributed by atoms with E-state index in [2.05, 4.69) is 10.3 Å². The van der Waals surface area contributed by atoms with E-state index in [0.717, 1.165) is 5.56 Å². The number of nitrogens with zero attached hydrogens (tertiary/aromatic N) is 2. The first-order chi connectivity index (χ1) is 9.63. The topological polar surface area (TPSA) is 61.8 Å². The maximum Gasteiger partial charge on any atom is 0.246 e. The minimum atomic E-state index is -0.898. The van der Waals surface area contributed by atoms with E-state index in [9.17, 15) is 9.59 Å². The molecule has 0 aliphatic carbocycles. The highest BCUT2D eigenvalue weighted by molar-refractivity contribution is 7.80. The van der Waals surface area contributed by atoms with Gasteiger partial charge >= 0.3 is 0 Å². The van der Waals surface area contributed by atoms with Crippen LogP contribution in [-0.4, -0.2) is 34.6 Å². The highest BCUT2D eigenvalue weighted by Gasteiger charge is 2.36. The SMILES string of the molecule is CCN1C(=O)[C@@H](C=NCc2ccccc2)C(=O)NC1=S. The molecule has 104 valence electrons. The fourth-order valence-electron chi connectivity index (χ4n) is 1.91. The van der Waals surface area contributed by atoms with Gasteiger partial charge in [-0.3, -0.25) is 19.5 Å². The largest absolute Gasteiger partial charge is 0.302 e. The van der Waals surface area contributed by atoms with Crippen LogP contribution in [0.15, 0.2) is 35.3 Å². The molecule has 1 atom stereocenters. The third-order valence-corrected chi connectivity index (χ3v) is 3.30. The van der Waals surface area contributed by atoms with E-state index >= 15 is 0 Å². The van der Waals surface area contributed by atoms with Crippen molar-refractivity contribution in [2.45, 2.75) is 13.5 Å². The van der Waals surface area contributed by atoms with Gasteiger partial charge in [-0.1, -0.05) is 30.3 Å². The Hall–Kier alpha value is -2.08. The molecule has 2 amide bonds. The molecule has 1 saturated heterocycles. The highest BCUT2D eigenvalue weighted by atomic mass is 32.1. The summed E-state index contributed by atoms with van der Waals surface area (Å²) < 4.78 is 0. The van der Waals surface area contributed by atoms with Crippen molar-refractivity contribution in [3.05, 3.63) is 35.9 Å². The van der Waals surface area contributed by atoms with Crippen LogP contribution in [0.3, 0.4) is 0 Å². The predicted octanol–water partition coefficient (Wildman–Crippen LogP) is 1.14. The first-order valence-electron chi connectivity index (χ1n) is 6.33. The number of benzene rings is 1. The van der Waals surface area contributed by atoms with Crippen molar-refractivity contribution in [3.63, 3.8) is 0 Å². The van der Waals surface area contributed by atoms with Crippen molar-refractivity contribution in [3.8, 4) is 0 Å². The van der Waals surface area contributed by atoms with Crippen LogP contribution < -0.4 is 5.32 Å². The lowest BCUT2D eigenvalue weighted by Gasteiger charge is -2.29. The molecule has 1 fully saturated rings. The van der Waals surface area contributed by atoms with Crippen molar-refractivity contribution in [2.24, 2.45) is 10.9 Å². The van der Waals surface area contributed by atoms with E-state index in [1.165, 1.54) is 11.1 Å². The summed E-state index contributed by atoms with van der Waals surface area (Å²) in [6, 6.07) is 9.63. The molecule has 1 aromatic rings. The lowest BCUT2D eigenvalue weighted by molar-refractivity contribution is -0.137. The Kier molecular flexibility index (Phi) is 4.57. The number of thiocarbonyl (C=S) groups is 1. The number of rotatable bonds is 4. The predicted molar refractivity (Wildman–Crippen MR) is 80.3 cm³/mol. The number of amides is 2. The van der Waals surface area contributed by atoms with Gasteiger partial charge in [0.05, 0.1) is 6.54 Å². The zero-order chi connectivity index (χ0) is 14.5. The lowest BCUT2D eigenvalue weighted by Crippen LogP contribution is -2.58. The molecule has 1 aliphatic rings. The maximum absolute atomic E-state index is 12.1. The Labute approximate surface area is 122 Å².